The van der Waals surface area contributed by atoms with Gasteiger partial charge in [-0.1, -0.05) is 84.9 Å². The summed E-state index contributed by atoms with van der Waals surface area (Å²) in [5.41, 5.74) is 4.75. The van der Waals surface area contributed by atoms with E-state index in [0.717, 1.165) is 73.3 Å². The first-order chi connectivity index (χ1) is 25.7. The highest BCUT2D eigenvalue weighted by Gasteiger charge is 2.35. The van der Waals surface area contributed by atoms with Crippen molar-refractivity contribution < 1.29 is 9.47 Å². The van der Waals surface area contributed by atoms with Crippen molar-refractivity contribution in [2.24, 2.45) is 0 Å². The summed E-state index contributed by atoms with van der Waals surface area (Å²) in [6.45, 7) is 9.78. The molecule has 1 fully saturated rings. The summed E-state index contributed by atoms with van der Waals surface area (Å²) in [7, 11) is 0. The van der Waals surface area contributed by atoms with Gasteiger partial charge in [0.1, 0.15) is 11.5 Å². The van der Waals surface area contributed by atoms with Crippen LogP contribution in [0, 0.1) is 0 Å². The van der Waals surface area contributed by atoms with Crippen LogP contribution in [0.15, 0.2) is 109 Å². The third kappa shape index (κ3) is 8.35. The van der Waals surface area contributed by atoms with Crippen LogP contribution in [0.5, 0.6) is 11.5 Å². The van der Waals surface area contributed by atoms with Gasteiger partial charge in [0, 0.05) is 39.3 Å². The molecule has 1 aliphatic heterocycles. The summed E-state index contributed by atoms with van der Waals surface area (Å²) in [6, 6.07) is 37.4. The SMILES string of the molecule is CCOc1ccc([C@@H](c2nnnn2CCc2ccccc2)N2CCN([C@@H](c3ccc(OCC)cc3)c3nnnn3CCc3ccccc3)CC2)cc1. The van der Waals surface area contributed by atoms with Gasteiger partial charge in [0.15, 0.2) is 11.6 Å². The van der Waals surface area contributed by atoms with Gasteiger partial charge < -0.3 is 9.47 Å². The first-order valence-corrected chi connectivity index (χ1v) is 18.2. The molecule has 4 aromatic carbocycles. The number of hydrogen-bond acceptors (Lipinski definition) is 10. The summed E-state index contributed by atoms with van der Waals surface area (Å²) >= 11 is 0. The minimum absolute atomic E-state index is 0.135. The number of piperazine rings is 1. The van der Waals surface area contributed by atoms with Gasteiger partial charge in [-0.3, -0.25) is 9.80 Å². The second-order valence-corrected chi connectivity index (χ2v) is 12.9. The van der Waals surface area contributed by atoms with Crippen molar-refractivity contribution in [1.82, 2.24) is 50.2 Å². The Bertz CT molecular complexity index is 1800. The zero-order valence-electron chi connectivity index (χ0n) is 29.9. The highest BCUT2D eigenvalue weighted by atomic mass is 16.5. The summed E-state index contributed by atoms with van der Waals surface area (Å²) in [4.78, 5) is 4.98. The van der Waals surface area contributed by atoms with Crippen LogP contribution in [0.25, 0.3) is 0 Å². The second kappa shape index (κ2) is 17.2. The van der Waals surface area contributed by atoms with Gasteiger partial charge in [-0.15, -0.1) is 10.2 Å². The third-order valence-electron chi connectivity index (χ3n) is 9.61. The summed E-state index contributed by atoms with van der Waals surface area (Å²) < 4.78 is 15.5. The van der Waals surface area contributed by atoms with Crippen molar-refractivity contribution in [2.45, 2.75) is 51.9 Å². The zero-order valence-corrected chi connectivity index (χ0v) is 29.9. The minimum atomic E-state index is -0.135. The van der Waals surface area contributed by atoms with Gasteiger partial charge >= 0.3 is 0 Å². The molecular formula is C40H46N10O2. The van der Waals surface area contributed by atoms with Crippen molar-refractivity contribution in [2.75, 3.05) is 39.4 Å². The minimum Gasteiger partial charge on any atom is -0.494 e. The Kier molecular flexibility index (Phi) is 11.5. The fourth-order valence-electron chi connectivity index (χ4n) is 7.02. The first-order valence-electron chi connectivity index (χ1n) is 18.2. The standard InChI is InChI=1S/C40H46N10O2/c1-3-51-35-19-15-33(16-20-35)37(39-41-43-45-49(39)25-23-31-11-7-5-8-12-31)47-27-29-48(30-28-47)38(34-17-21-36(22-18-34)52-4-2)40-42-44-46-50(40)26-24-32-13-9-6-10-14-32/h5-22,37-38H,3-4,23-30H2,1-2H3/t37-,38-/m0/s1. The Morgan fingerprint density at radius 1 is 0.519 bits per heavy atom. The predicted molar refractivity (Wildman–Crippen MR) is 198 cm³/mol. The number of aromatic nitrogens is 8. The number of tetrazole rings is 2. The van der Waals surface area contributed by atoms with E-state index >= 15 is 0 Å². The molecule has 2 aromatic heterocycles. The van der Waals surface area contributed by atoms with Crippen molar-refractivity contribution in [3.05, 3.63) is 143 Å². The molecule has 0 bridgehead atoms. The average molecular weight is 699 g/mol. The van der Waals surface area contributed by atoms with E-state index in [4.69, 9.17) is 9.47 Å². The number of ether oxygens (including phenoxy) is 2. The topological polar surface area (TPSA) is 112 Å². The first kappa shape index (κ1) is 35.0. The fourth-order valence-corrected chi connectivity index (χ4v) is 7.02. The summed E-state index contributed by atoms with van der Waals surface area (Å²) in [5, 5.41) is 26.5. The normalized spacial score (nSPS) is 15.0. The van der Waals surface area contributed by atoms with Gasteiger partial charge in [0.05, 0.1) is 25.3 Å². The van der Waals surface area contributed by atoms with Gasteiger partial charge in [-0.05, 0) is 94.1 Å². The van der Waals surface area contributed by atoms with Crippen LogP contribution < -0.4 is 9.47 Å². The lowest BCUT2D eigenvalue weighted by Gasteiger charge is -2.41. The predicted octanol–water partition coefficient (Wildman–Crippen LogP) is 5.44. The Labute approximate surface area is 305 Å². The highest BCUT2D eigenvalue weighted by molar-refractivity contribution is 5.34. The number of hydrogen-bond donors (Lipinski definition) is 0. The molecule has 12 heteroatoms. The van der Waals surface area contributed by atoms with E-state index in [-0.39, 0.29) is 12.1 Å². The van der Waals surface area contributed by atoms with Gasteiger partial charge in [-0.25, -0.2) is 9.36 Å². The Hall–Kier alpha value is -5.46. The average Bonchev–Trinajstić information content (AvgIpc) is 3.86. The van der Waals surface area contributed by atoms with Gasteiger partial charge in [-0.2, -0.15) is 0 Å². The number of nitrogens with zero attached hydrogens (tertiary/aromatic N) is 10. The molecule has 0 aliphatic carbocycles. The lowest BCUT2D eigenvalue weighted by molar-refractivity contribution is 0.0822. The molecule has 3 heterocycles. The van der Waals surface area contributed by atoms with Crippen LogP contribution >= 0.6 is 0 Å². The Morgan fingerprint density at radius 2 is 0.904 bits per heavy atom. The van der Waals surface area contributed by atoms with Crippen molar-refractivity contribution in [1.29, 1.82) is 0 Å². The van der Waals surface area contributed by atoms with Crippen molar-refractivity contribution in [3.8, 4) is 11.5 Å². The van der Waals surface area contributed by atoms with E-state index in [9.17, 15) is 0 Å². The van der Waals surface area contributed by atoms with Crippen molar-refractivity contribution in [3.63, 3.8) is 0 Å². The van der Waals surface area contributed by atoms with E-state index in [0.29, 0.717) is 26.3 Å². The highest BCUT2D eigenvalue weighted by Crippen LogP contribution is 2.34. The molecule has 7 rings (SSSR count). The second-order valence-electron chi connectivity index (χ2n) is 12.9. The number of benzene rings is 4. The zero-order chi connectivity index (χ0) is 35.5. The lowest BCUT2D eigenvalue weighted by Crippen LogP contribution is -2.50. The molecule has 0 saturated carbocycles. The molecule has 2 atom stereocenters. The largest absolute Gasteiger partial charge is 0.494 e. The molecule has 268 valence electrons. The van der Waals surface area contributed by atoms with Crippen LogP contribution in [-0.2, 0) is 25.9 Å². The van der Waals surface area contributed by atoms with E-state index in [1.807, 2.05) is 59.6 Å². The maximum absolute atomic E-state index is 5.79. The molecule has 0 unspecified atom stereocenters. The molecule has 1 aliphatic rings. The third-order valence-corrected chi connectivity index (χ3v) is 9.61. The van der Waals surface area contributed by atoms with Crippen LogP contribution in [0.1, 0.15) is 59.8 Å². The Morgan fingerprint density at radius 3 is 1.27 bits per heavy atom. The van der Waals surface area contributed by atoms with Crippen molar-refractivity contribution >= 4 is 0 Å². The molecule has 0 spiro atoms. The molecule has 1 saturated heterocycles. The van der Waals surface area contributed by atoms with E-state index in [1.165, 1.54) is 11.1 Å². The maximum Gasteiger partial charge on any atom is 0.173 e. The monoisotopic (exact) mass is 698 g/mol. The molecule has 0 N–H and O–H groups in total. The number of aryl methyl sites for hydroxylation is 4. The number of rotatable bonds is 16. The van der Waals surface area contributed by atoms with Gasteiger partial charge in [0.2, 0.25) is 0 Å². The molecule has 6 aromatic rings. The van der Waals surface area contributed by atoms with Crippen LogP contribution in [0.2, 0.25) is 0 Å². The van der Waals surface area contributed by atoms with Crippen LogP contribution in [0.3, 0.4) is 0 Å². The summed E-state index contributed by atoms with van der Waals surface area (Å²) in [5.74, 6) is 3.37. The smallest absolute Gasteiger partial charge is 0.173 e. The fraction of sp³-hybridized carbons (Fsp3) is 0.350. The Balaban J connectivity index is 1.15. The van der Waals surface area contributed by atoms with E-state index < -0.39 is 0 Å². The van der Waals surface area contributed by atoms with Crippen LogP contribution in [0.4, 0.5) is 0 Å². The molecule has 0 amide bonds. The van der Waals surface area contributed by atoms with Crippen LogP contribution in [-0.4, -0.2) is 89.6 Å². The summed E-state index contributed by atoms with van der Waals surface area (Å²) in [6.07, 6.45) is 1.68. The molecular weight excluding hydrogens is 653 g/mol. The molecule has 0 radical (unpaired) electrons. The molecule has 52 heavy (non-hydrogen) atoms. The van der Waals surface area contributed by atoms with E-state index in [1.54, 1.807) is 0 Å². The molecule has 12 nitrogen and oxygen atoms in total. The van der Waals surface area contributed by atoms with E-state index in [2.05, 4.69) is 114 Å². The maximum atomic E-state index is 5.79. The lowest BCUT2D eigenvalue weighted by atomic mass is 10.0. The van der Waals surface area contributed by atoms with Gasteiger partial charge in [0.25, 0.3) is 0 Å². The quantitative estimate of drug-likeness (QED) is 0.130.